The normalized spacial score (nSPS) is 23.3. The molecule has 0 aromatic rings. The molecule has 0 aromatic heterocycles. The average molecular weight is 1210 g/mol. The van der Waals surface area contributed by atoms with E-state index in [9.17, 15) is 40.5 Å². The molecule has 0 spiro atoms. The van der Waals surface area contributed by atoms with E-state index < -0.39 is 80.7 Å². The van der Waals surface area contributed by atoms with Gasteiger partial charge in [-0.3, -0.25) is 4.79 Å². The molecule has 0 aromatic carbocycles. The van der Waals surface area contributed by atoms with Gasteiger partial charge in [0.15, 0.2) is 12.6 Å². The summed E-state index contributed by atoms with van der Waals surface area (Å²) in [5.74, 6) is -0.369. The summed E-state index contributed by atoms with van der Waals surface area (Å²) in [6.45, 7) is 3.74. The number of ether oxygens (including phenoxy) is 6. The molecule has 11 unspecified atom stereocenters. The van der Waals surface area contributed by atoms with E-state index in [-0.39, 0.29) is 25.6 Å². The fourth-order valence-corrected chi connectivity index (χ4v) is 11.5. The molecule has 0 bridgehead atoms. The molecule has 500 valence electrons. The lowest BCUT2D eigenvalue weighted by molar-refractivity contribution is -0.332. The molecule has 0 amide bonds. The second-order valence-corrected chi connectivity index (χ2v) is 25.1. The minimum absolute atomic E-state index is 0.0634. The van der Waals surface area contributed by atoms with Crippen LogP contribution >= 0.6 is 0 Å². The molecule has 2 aliphatic heterocycles. The number of rotatable bonds is 60. The molecule has 85 heavy (non-hydrogen) atoms. The average Bonchev–Trinajstić information content (AvgIpc) is 2.82. The first-order chi connectivity index (χ1) is 41.6. The van der Waals surface area contributed by atoms with Crippen molar-refractivity contribution < 1.29 is 69.0 Å². The van der Waals surface area contributed by atoms with Crippen molar-refractivity contribution in [2.24, 2.45) is 0 Å². The van der Waals surface area contributed by atoms with Crippen LogP contribution in [0, 0.1) is 0 Å². The highest BCUT2D eigenvalue weighted by Crippen LogP contribution is 2.27. The fraction of sp³-hybridized carbons (Fsp3) is 0.901. The highest BCUT2D eigenvalue weighted by Gasteiger charge is 2.47. The first-order valence-corrected chi connectivity index (χ1v) is 35.6. The molecule has 0 radical (unpaired) electrons. The van der Waals surface area contributed by atoms with Crippen LogP contribution in [0.2, 0.25) is 0 Å². The summed E-state index contributed by atoms with van der Waals surface area (Å²) in [5.41, 5.74) is 0. The lowest BCUT2D eigenvalue weighted by Gasteiger charge is -2.42. The Morgan fingerprint density at radius 2 is 0.729 bits per heavy atom. The van der Waals surface area contributed by atoms with Gasteiger partial charge in [0.25, 0.3) is 0 Å². The van der Waals surface area contributed by atoms with Crippen LogP contribution in [0.3, 0.4) is 0 Å². The smallest absolute Gasteiger partial charge is 0.306 e. The number of allylic oxidation sites excluding steroid dienone is 6. The molecule has 7 N–H and O–H groups in total. The molecule has 2 rings (SSSR count). The predicted octanol–water partition coefficient (Wildman–Crippen LogP) is 15.2. The van der Waals surface area contributed by atoms with Gasteiger partial charge in [-0.15, -0.1) is 0 Å². The van der Waals surface area contributed by atoms with Crippen LogP contribution < -0.4 is 0 Å². The Morgan fingerprint density at radius 3 is 1.14 bits per heavy atom. The van der Waals surface area contributed by atoms with Crippen molar-refractivity contribution in [3.63, 3.8) is 0 Å². The van der Waals surface area contributed by atoms with Crippen molar-refractivity contribution >= 4 is 5.97 Å². The standard InChI is InChI=1S/C71H132O14/c1-3-5-7-9-11-13-15-17-19-21-23-25-27-29-31-33-35-37-39-41-43-45-47-49-51-53-55-80-57-60(58-81-70-69(79)67(77)65(75)62(85-70)59-82-71-68(78)66(76)64(74)61(56-72)84-71)83-63(73)54-52-50-48-46-44-42-40-38-36-34-32-30-28-26-24-22-20-18-16-14-12-10-8-6-4-2/h15,17,21,23,27,29,60-62,64-72,74-79H,3-14,16,18-20,22,24-26,28,30-59H2,1-2H3/b17-15-,23-21-,29-27-. The van der Waals surface area contributed by atoms with Gasteiger partial charge in [-0.25, -0.2) is 0 Å². The summed E-state index contributed by atoms with van der Waals surface area (Å²) in [5, 5.41) is 72.6. The highest BCUT2D eigenvalue weighted by molar-refractivity contribution is 5.69. The highest BCUT2D eigenvalue weighted by atomic mass is 16.7. The minimum atomic E-state index is -1.71. The Morgan fingerprint density at radius 1 is 0.388 bits per heavy atom. The third kappa shape index (κ3) is 42.8. The quantitative estimate of drug-likeness (QED) is 0.0171. The molecule has 0 aliphatic carbocycles. The number of esters is 1. The van der Waals surface area contributed by atoms with Gasteiger partial charge in [0.05, 0.1) is 26.4 Å². The number of hydrogen-bond acceptors (Lipinski definition) is 14. The van der Waals surface area contributed by atoms with Crippen LogP contribution in [0.15, 0.2) is 36.5 Å². The Kier molecular flexibility index (Phi) is 53.5. The molecule has 11 atom stereocenters. The second kappa shape index (κ2) is 57.4. The monoisotopic (exact) mass is 1210 g/mol. The van der Waals surface area contributed by atoms with Gasteiger partial charge in [-0.1, -0.05) is 288 Å². The van der Waals surface area contributed by atoms with E-state index in [2.05, 4.69) is 50.3 Å². The maximum absolute atomic E-state index is 13.2. The maximum atomic E-state index is 13.2. The lowest BCUT2D eigenvalue weighted by Crippen LogP contribution is -2.61. The van der Waals surface area contributed by atoms with Crippen molar-refractivity contribution in [3.8, 4) is 0 Å². The maximum Gasteiger partial charge on any atom is 0.306 e. The lowest BCUT2D eigenvalue weighted by atomic mass is 9.98. The van der Waals surface area contributed by atoms with Gasteiger partial charge in [-0.2, -0.15) is 0 Å². The topological polar surface area (TPSA) is 214 Å². The summed E-state index contributed by atoms with van der Waals surface area (Å²) in [4.78, 5) is 13.2. The Bertz CT molecular complexity index is 1550. The van der Waals surface area contributed by atoms with Crippen LogP contribution in [0.5, 0.6) is 0 Å². The van der Waals surface area contributed by atoms with Crippen LogP contribution in [0.1, 0.15) is 309 Å². The minimum Gasteiger partial charge on any atom is -0.457 e. The van der Waals surface area contributed by atoms with E-state index in [1.54, 1.807) is 0 Å². The van der Waals surface area contributed by atoms with Crippen molar-refractivity contribution in [1.29, 1.82) is 0 Å². The number of aliphatic hydroxyl groups is 7. The van der Waals surface area contributed by atoms with E-state index in [1.807, 2.05) is 0 Å². The van der Waals surface area contributed by atoms with E-state index >= 15 is 0 Å². The zero-order valence-corrected chi connectivity index (χ0v) is 54.4. The Balaban J connectivity index is 1.63. The first kappa shape index (κ1) is 79.3. The molecule has 14 nitrogen and oxygen atoms in total. The third-order valence-corrected chi connectivity index (χ3v) is 17.2. The van der Waals surface area contributed by atoms with Gasteiger partial charge in [0, 0.05) is 13.0 Å². The summed E-state index contributed by atoms with van der Waals surface area (Å²) in [6.07, 6.45) is 55.1. The molecule has 2 fully saturated rings. The first-order valence-electron chi connectivity index (χ1n) is 35.6. The molecular formula is C71H132O14. The number of carbonyl (C=O) groups excluding carboxylic acids is 1. The van der Waals surface area contributed by atoms with E-state index in [0.717, 1.165) is 51.4 Å². The summed E-state index contributed by atoms with van der Waals surface area (Å²) in [7, 11) is 0. The fourth-order valence-electron chi connectivity index (χ4n) is 11.5. The van der Waals surface area contributed by atoms with Crippen molar-refractivity contribution in [2.75, 3.05) is 33.0 Å². The third-order valence-electron chi connectivity index (χ3n) is 17.2. The molecule has 14 heteroatoms. The number of hydrogen-bond donors (Lipinski definition) is 7. The number of aliphatic hydroxyl groups excluding tert-OH is 7. The van der Waals surface area contributed by atoms with Crippen LogP contribution in [0.25, 0.3) is 0 Å². The van der Waals surface area contributed by atoms with Crippen molar-refractivity contribution in [1.82, 2.24) is 0 Å². The van der Waals surface area contributed by atoms with Crippen LogP contribution in [-0.4, -0.2) is 142 Å². The zero-order chi connectivity index (χ0) is 61.5. The predicted molar refractivity (Wildman–Crippen MR) is 344 cm³/mol. The van der Waals surface area contributed by atoms with E-state index in [4.69, 9.17) is 28.4 Å². The molecule has 0 saturated carbocycles. The van der Waals surface area contributed by atoms with E-state index in [0.29, 0.717) is 13.0 Å². The Hall–Kier alpha value is -1.79. The van der Waals surface area contributed by atoms with Gasteiger partial charge in [-0.05, 0) is 51.4 Å². The van der Waals surface area contributed by atoms with Gasteiger partial charge < -0.3 is 64.2 Å². The summed E-state index contributed by atoms with van der Waals surface area (Å²) in [6, 6.07) is 0. The van der Waals surface area contributed by atoms with Crippen LogP contribution in [-0.2, 0) is 33.2 Å². The largest absolute Gasteiger partial charge is 0.457 e. The molecule has 2 heterocycles. The number of unbranched alkanes of at least 4 members (excludes halogenated alkanes) is 40. The van der Waals surface area contributed by atoms with Gasteiger partial charge >= 0.3 is 5.97 Å². The second-order valence-electron chi connectivity index (χ2n) is 25.1. The van der Waals surface area contributed by atoms with Crippen molar-refractivity contribution in [3.05, 3.63) is 36.5 Å². The number of carbonyl (C=O) groups is 1. The SMILES string of the molecule is CCCCCCC/C=C\C/C=C\C/C=C\CCCCCCCCCCCCCOCC(COC1OC(COC2OC(CO)C(O)C(O)C2O)C(O)C(O)C1O)OC(=O)CCCCCCCCCCCCCCCCCCCCCCCCCCC. The van der Waals surface area contributed by atoms with E-state index in [1.165, 1.54) is 231 Å². The Labute approximate surface area is 519 Å². The summed E-state index contributed by atoms with van der Waals surface area (Å²) < 4.78 is 34.6. The van der Waals surface area contributed by atoms with Gasteiger partial charge in [0.2, 0.25) is 0 Å². The van der Waals surface area contributed by atoms with Crippen molar-refractivity contribution in [2.45, 2.75) is 377 Å². The molecular weight excluding hydrogens is 1080 g/mol. The zero-order valence-electron chi connectivity index (χ0n) is 54.4. The molecule has 2 saturated heterocycles. The van der Waals surface area contributed by atoms with Crippen LogP contribution in [0.4, 0.5) is 0 Å². The van der Waals surface area contributed by atoms with Gasteiger partial charge in [0.1, 0.15) is 54.9 Å². The summed E-state index contributed by atoms with van der Waals surface area (Å²) >= 11 is 0. The molecule has 2 aliphatic rings.